The first-order valence-electron chi connectivity index (χ1n) is 10.8. The molecule has 0 radical (unpaired) electrons. The maximum absolute atomic E-state index is 13.6. The van der Waals surface area contributed by atoms with Gasteiger partial charge < -0.3 is 9.31 Å². The Hall–Kier alpha value is -2.00. The molecule has 33 heavy (non-hydrogen) atoms. The van der Waals surface area contributed by atoms with Crippen molar-refractivity contribution in [3.8, 4) is 0 Å². The Morgan fingerprint density at radius 2 is 1.33 bits per heavy atom. The van der Waals surface area contributed by atoms with Gasteiger partial charge in [0.25, 0.3) is 0 Å². The second-order valence-electron chi connectivity index (χ2n) is 9.84. The Balaban J connectivity index is 1.88. The number of hydrogen-bond donors (Lipinski definition) is 0. The van der Waals surface area contributed by atoms with Gasteiger partial charge in [-0.15, -0.1) is 0 Å². The van der Waals surface area contributed by atoms with Gasteiger partial charge in [-0.25, -0.2) is 0 Å². The van der Waals surface area contributed by atoms with Gasteiger partial charge in [0.15, 0.2) is 0 Å². The fourth-order valence-electron chi connectivity index (χ4n) is 4.73. The van der Waals surface area contributed by atoms with Crippen molar-refractivity contribution >= 4 is 7.12 Å². The van der Waals surface area contributed by atoms with Crippen LogP contribution in [-0.4, -0.2) is 18.3 Å². The highest BCUT2D eigenvalue weighted by Gasteiger charge is 2.56. The summed E-state index contributed by atoms with van der Waals surface area (Å²) in [4.78, 5) is 0. The van der Waals surface area contributed by atoms with Crippen molar-refractivity contribution < 1.29 is 35.7 Å². The molecule has 2 aliphatic rings. The normalized spacial score (nSPS) is 24.6. The van der Waals surface area contributed by atoms with Gasteiger partial charge in [-0.1, -0.05) is 24.3 Å². The Kier molecular flexibility index (Phi) is 5.68. The van der Waals surface area contributed by atoms with Crippen molar-refractivity contribution in [2.24, 2.45) is 0 Å². The molecule has 1 saturated heterocycles. The first-order valence-corrected chi connectivity index (χ1v) is 10.8. The topological polar surface area (TPSA) is 18.5 Å². The van der Waals surface area contributed by atoms with E-state index in [1.807, 2.05) is 39.8 Å². The molecular formula is C24H25BF6O2. The van der Waals surface area contributed by atoms with Crippen LogP contribution in [0, 0.1) is 0 Å². The molecule has 1 fully saturated rings. The highest BCUT2D eigenvalue weighted by Crippen LogP contribution is 2.52. The van der Waals surface area contributed by atoms with Crippen LogP contribution in [0.5, 0.6) is 0 Å². The Labute approximate surface area is 189 Å². The molecule has 1 heterocycles. The summed E-state index contributed by atoms with van der Waals surface area (Å²) in [5, 5.41) is 0. The molecule has 0 bridgehead atoms. The van der Waals surface area contributed by atoms with E-state index >= 15 is 0 Å². The van der Waals surface area contributed by atoms with E-state index in [-0.39, 0.29) is 11.6 Å². The average molecular weight is 470 g/mol. The quantitative estimate of drug-likeness (QED) is 0.340. The standard InChI is InChI=1S/C24H25BF6O2/c1-21(2)22(3,4)33-25(32-21)19-10-9-14-7-5-6-8-18(14)20(19)15-11-16(23(26,27)28)13-17(12-15)24(29,30)31/h5-8,11-13,19-20H,9-10H2,1-4H3/t19-,20-/m0/s1. The fraction of sp³-hybridized carbons (Fsp3) is 0.500. The summed E-state index contributed by atoms with van der Waals surface area (Å²) in [6.07, 6.45) is -8.68. The first-order chi connectivity index (χ1) is 15.1. The molecule has 2 nitrogen and oxygen atoms in total. The fourth-order valence-corrected chi connectivity index (χ4v) is 4.73. The number of alkyl halides is 6. The van der Waals surface area contributed by atoms with Crippen LogP contribution >= 0.6 is 0 Å². The molecular weight excluding hydrogens is 445 g/mol. The van der Waals surface area contributed by atoms with Gasteiger partial charge in [0.2, 0.25) is 0 Å². The lowest BCUT2D eigenvalue weighted by atomic mass is 9.56. The lowest BCUT2D eigenvalue weighted by Gasteiger charge is -2.35. The van der Waals surface area contributed by atoms with Crippen LogP contribution in [0.25, 0.3) is 0 Å². The molecule has 0 N–H and O–H groups in total. The van der Waals surface area contributed by atoms with E-state index in [4.69, 9.17) is 9.31 Å². The third-order valence-corrected chi connectivity index (χ3v) is 7.16. The van der Waals surface area contributed by atoms with E-state index in [2.05, 4.69) is 0 Å². The molecule has 0 unspecified atom stereocenters. The molecule has 0 spiro atoms. The van der Waals surface area contributed by atoms with E-state index in [0.717, 1.165) is 17.7 Å². The van der Waals surface area contributed by atoms with Gasteiger partial charge in [-0.05, 0) is 75.4 Å². The molecule has 178 valence electrons. The monoisotopic (exact) mass is 470 g/mol. The Bertz CT molecular complexity index is 996. The van der Waals surface area contributed by atoms with Gasteiger partial charge in [-0.2, -0.15) is 26.3 Å². The van der Waals surface area contributed by atoms with E-state index in [9.17, 15) is 26.3 Å². The predicted octanol–water partition coefficient (Wildman–Crippen LogP) is 7.26. The maximum Gasteiger partial charge on any atom is 0.462 e. The first kappa shape index (κ1) is 24.1. The molecule has 1 aliphatic heterocycles. The molecule has 4 rings (SSSR count). The van der Waals surface area contributed by atoms with Crippen molar-refractivity contribution in [2.75, 3.05) is 0 Å². The molecule has 9 heteroatoms. The zero-order valence-electron chi connectivity index (χ0n) is 18.8. The summed E-state index contributed by atoms with van der Waals surface area (Å²) in [5.74, 6) is -1.20. The minimum atomic E-state index is -4.91. The molecule has 2 aromatic rings. The summed E-state index contributed by atoms with van der Waals surface area (Å²) in [7, 11) is -0.766. The van der Waals surface area contributed by atoms with Crippen molar-refractivity contribution in [2.45, 2.75) is 75.8 Å². The maximum atomic E-state index is 13.6. The lowest BCUT2D eigenvalue weighted by Crippen LogP contribution is -2.41. The second kappa shape index (κ2) is 7.77. The second-order valence-corrected chi connectivity index (χ2v) is 9.84. The van der Waals surface area contributed by atoms with Gasteiger partial charge in [-0.3, -0.25) is 0 Å². The van der Waals surface area contributed by atoms with E-state index in [1.165, 1.54) is 0 Å². The van der Waals surface area contributed by atoms with Crippen molar-refractivity contribution in [3.63, 3.8) is 0 Å². The van der Waals surface area contributed by atoms with Gasteiger partial charge in [0.05, 0.1) is 22.3 Å². The lowest BCUT2D eigenvalue weighted by molar-refractivity contribution is -0.143. The minimum absolute atomic E-state index is 0.0380. The summed E-state index contributed by atoms with van der Waals surface area (Å²) in [5.41, 5.74) is -2.42. The van der Waals surface area contributed by atoms with Crippen LogP contribution in [0.3, 0.4) is 0 Å². The van der Waals surface area contributed by atoms with Crippen molar-refractivity contribution in [1.82, 2.24) is 0 Å². The largest absolute Gasteiger partial charge is 0.462 e. The summed E-state index contributed by atoms with van der Waals surface area (Å²) in [6, 6.07) is 9.03. The number of benzene rings is 2. The van der Waals surface area contributed by atoms with Crippen molar-refractivity contribution in [3.05, 3.63) is 70.3 Å². The molecule has 1 aliphatic carbocycles. The van der Waals surface area contributed by atoms with E-state index in [0.29, 0.717) is 18.4 Å². The van der Waals surface area contributed by atoms with E-state index in [1.54, 1.807) is 12.1 Å². The summed E-state index contributed by atoms with van der Waals surface area (Å²) < 4.78 is 93.9. The van der Waals surface area contributed by atoms with Gasteiger partial charge >= 0.3 is 19.5 Å². The third-order valence-electron chi connectivity index (χ3n) is 7.16. The SMILES string of the molecule is CC1(C)OB([C@H]2CCc3ccccc3[C@@H]2c2cc(C(F)(F)F)cc(C(F)(F)F)c2)OC1(C)C. The van der Waals surface area contributed by atoms with Crippen LogP contribution in [0.4, 0.5) is 26.3 Å². The van der Waals surface area contributed by atoms with Crippen LogP contribution < -0.4 is 0 Å². The molecule has 0 aromatic heterocycles. The predicted molar refractivity (Wildman–Crippen MR) is 113 cm³/mol. The minimum Gasteiger partial charge on any atom is -0.403 e. The highest BCUT2D eigenvalue weighted by molar-refractivity contribution is 6.48. The molecule has 0 saturated carbocycles. The Morgan fingerprint density at radius 1 is 0.818 bits per heavy atom. The number of halogens is 6. The zero-order chi connectivity index (χ0) is 24.4. The van der Waals surface area contributed by atoms with Crippen LogP contribution in [0.1, 0.15) is 67.9 Å². The molecule has 0 amide bonds. The zero-order valence-corrected chi connectivity index (χ0v) is 18.8. The highest BCUT2D eigenvalue weighted by atomic mass is 19.4. The van der Waals surface area contributed by atoms with Crippen LogP contribution in [0.2, 0.25) is 5.82 Å². The summed E-state index contributed by atoms with van der Waals surface area (Å²) >= 11 is 0. The van der Waals surface area contributed by atoms with Crippen molar-refractivity contribution in [1.29, 1.82) is 0 Å². The van der Waals surface area contributed by atoms with Crippen LogP contribution in [-0.2, 0) is 28.1 Å². The number of rotatable bonds is 2. The summed E-state index contributed by atoms with van der Waals surface area (Å²) in [6.45, 7) is 7.46. The third kappa shape index (κ3) is 4.42. The van der Waals surface area contributed by atoms with E-state index < -0.39 is 53.5 Å². The van der Waals surface area contributed by atoms with Crippen LogP contribution in [0.15, 0.2) is 42.5 Å². The Morgan fingerprint density at radius 3 is 1.85 bits per heavy atom. The smallest absolute Gasteiger partial charge is 0.403 e. The molecule has 2 atom stereocenters. The average Bonchev–Trinajstić information content (AvgIpc) is 2.92. The molecule has 2 aromatic carbocycles. The van der Waals surface area contributed by atoms with Gasteiger partial charge in [0.1, 0.15) is 0 Å². The van der Waals surface area contributed by atoms with Gasteiger partial charge in [0, 0.05) is 11.7 Å². The number of fused-ring (bicyclic) bond motifs is 1. The number of hydrogen-bond acceptors (Lipinski definition) is 2. The number of aryl methyl sites for hydroxylation is 1.